The van der Waals surface area contributed by atoms with Crippen LogP contribution in [0.5, 0.6) is 0 Å². The van der Waals surface area contributed by atoms with Crippen LogP contribution in [0.25, 0.3) is 11.3 Å². The number of esters is 1. The molecule has 11 heteroatoms. The number of pyridine rings is 2. The van der Waals surface area contributed by atoms with Crippen molar-refractivity contribution in [2.45, 2.75) is 6.18 Å². The maximum absolute atomic E-state index is 13.4. The van der Waals surface area contributed by atoms with E-state index in [1.807, 2.05) is 0 Å². The lowest BCUT2D eigenvalue weighted by Crippen LogP contribution is -2.36. The zero-order valence-corrected chi connectivity index (χ0v) is 13.1. The van der Waals surface area contributed by atoms with Crippen molar-refractivity contribution < 1.29 is 37.0 Å². The molecule has 0 atom stereocenters. The van der Waals surface area contributed by atoms with E-state index in [0.29, 0.717) is 0 Å². The van der Waals surface area contributed by atoms with E-state index in [1.54, 1.807) is 0 Å². The highest BCUT2D eigenvalue weighted by Crippen LogP contribution is 2.37. The molecule has 0 aliphatic heterocycles. The number of halogens is 4. The second-order valence-corrected chi connectivity index (χ2v) is 4.90. The minimum absolute atomic E-state index is 0.0307. The number of hydrogen-bond acceptors (Lipinski definition) is 5. The molecule has 0 aliphatic carbocycles. The topological polar surface area (TPSA) is 92.6 Å². The predicted molar refractivity (Wildman–Crippen MR) is 79.8 cm³/mol. The molecular formula is C15H11F4N3O4. The highest BCUT2D eigenvalue weighted by atomic mass is 19.4. The first kappa shape index (κ1) is 19.1. The SMILES string of the molecule is COC(=O)CN(C(=O)O)c1ccc(-c2cncc(F)c2)nc1C(F)(F)F. The number of carbonyl (C=O) groups excluding carboxylic acids is 1. The number of carboxylic acid groups (broad SMARTS) is 1. The van der Waals surface area contributed by atoms with Crippen molar-refractivity contribution >= 4 is 17.7 Å². The minimum Gasteiger partial charge on any atom is -0.468 e. The van der Waals surface area contributed by atoms with Gasteiger partial charge in [-0.2, -0.15) is 13.2 Å². The molecule has 138 valence electrons. The Morgan fingerprint density at radius 3 is 2.50 bits per heavy atom. The van der Waals surface area contributed by atoms with E-state index in [9.17, 15) is 27.2 Å². The molecule has 0 bridgehead atoms. The molecule has 0 saturated heterocycles. The summed E-state index contributed by atoms with van der Waals surface area (Å²) >= 11 is 0. The molecule has 0 fully saturated rings. The zero-order chi connectivity index (χ0) is 19.5. The van der Waals surface area contributed by atoms with Gasteiger partial charge in [0.2, 0.25) is 0 Å². The smallest absolute Gasteiger partial charge is 0.435 e. The lowest BCUT2D eigenvalue weighted by molar-refractivity contribution is -0.141. The van der Waals surface area contributed by atoms with Gasteiger partial charge in [0.15, 0.2) is 5.69 Å². The first-order chi connectivity index (χ1) is 12.1. The Labute approximate surface area is 143 Å². The van der Waals surface area contributed by atoms with Gasteiger partial charge in [0.1, 0.15) is 12.4 Å². The minimum atomic E-state index is -5.03. The van der Waals surface area contributed by atoms with Crippen LogP contribution in [0, 0.1) is 5.82 Å². The predicted octanol–water partition coefficient (Wildman–Crippen LogP) is 2.96. The summed E-state index contributed by atoms with van der Waals surface area (Å²) in [5, 5.41) is 9.15. The molecule has 7 nitrogen and oxygen atoms in total. The highest BCUT2D eigenvalue weighted by molar-refractivity contribution is 5.93. The molecule has 0 aliphatic rings. The number of rotatable bonds is 4. The number of anilines is 1. The summed E-state index contributed by atoms with van der Waals surface area (Å²) in [7, 11) is 0.964. The maximum atomic E-state index is 13.4. The van der Waals surface area contributed by atoms with Gasteiger partial charge in [-0.1, -0.05) is 0 Å². The van der Waals surface area contributed by atoms with Crippen molar-refractivity contribution in [3.8, 4) is 11.3 Å². The number of aromatic nitrogens is 2. The summed E-state index contributed by atoms with van der Waals surface area (Å²) in [6, 6.07) is 2.82. The molecule has 2 aromatic heterocycles. The monoisotopic (exact) mass is 373 g/mol. The van der Waals surface area contributed by atoms with Crippen molar-refractivity contribution in [3.63, 3.8) is 0 Å². The fraction of sp³-hybridized carbons (Fsp3) is 0.200. The molecule has 0 saturated carbocycles. The van der Waals surface area contributed by atoms with Crippen LogP contribution in [0.4, 0.5) is 28.0 Å². The fourth-order valence-electron chi connectivity index (χ4n) is 2.04. The van der Waals surface area contributed by atoms with Gasteiger partial charge in [-0.25, -0.2) is 14.2 Å². The van der Waals surface area contributed by atoms with Crippen molar-refractivity contribution in [1.82, 2.24) is 9.97 Å². The molecule has 1 N–H and O–H groups in total. The quantitative estimate of drug-likeness (QED) is 0.654. The summed E-state index contributed by atoms with van der Waals surface area (Å²) in [5.41, 5.74) is -2.71. The fourth-order valence-corrected chi connectivity index (χ4v) is 2.04. The Morgan fingerprint density at radius 1 is 1.27 bits per heavy atom. The van der Waals surface area contributed by atoms with E-state index in [-0.39, 0.29) is 16.2 Å². The van der Waals surface area contributed by atoms with E-state index in [2.05, 4.69) is 14.7 Å². The molecule has 0 spiro atoms. The second-order valence-electron chi connectivity index (χ2n) is 4.90. The Balaban J connectivity index is 2.59. The summed E-state index contributed by atoms with van der Waals surface area (Å²) < 4.78 is 57.7. The van der Waals surface area contributed by atoms with Crippen molar-refractivity contribution in [1.29, 1.82) is 0 Å². The highest BCUT2D eigenvalue weighted by Gasteiger charge is 2.39. The van der Waals surface area contributed by atoms with Gasteiger partial charge in [0.05, 0.1) is 24.7 Å². The van der Waals surface area contributed by atoms with Crippen molar-refractivity contribution in [3.05, 3.63) is 42.1 Å². The second kappa shape index (κ2) is 7.33. The summed E-state index contributed by atoms with van der Waals surface area (Å²) in [4.78, 5) is 29.7. The van der Waals surface area contributed by atoms with Crippen LogP contribution in [0.2, 0.25) is 0 Å². The summed E-state index contributed by atoms with van der Waals surface area (Å²) in [6.07, 6.45) is -4.86. The Hall–Kier alpha value is -3.24. The van der Waals surface area contributed by atoms with Crippen LogP contribution < -0.4 is 4.90 Å². The van der Waals surface area contributed by atoms with E-state index >= 15 is 0 Å². The van der Waals surface area contributed by atoms with E-state index in [4.69, 9.17) is 5.11 Å². The van der Waals surface area contributed by atoms with Gasteiger partial charge in [-0.15, -0.1) is 0 Å². The average molecular weight is 373 g/mol. The molecule has 26 heavy (non-hydrogen) atoms. The standard InChI is InChI=1S/C15H11F4N3O4/c1-26-12(23)7-22(14(24)25)11-3-2-10(21-13(11)15(17,18)19)8-4-9(16)6-20-5-8/h2-6H,7H2,1H3,(H,24,25). The Morgan fingerprint density at radius 2 is 1.96 bits per heavy atom. The van der Waals surface area contributed by atoms with E-state index in [1.165, 1.54) is 0 Å². The van der Waals surface area contributed by atoms with Gasteiger partial charge >= 0.3 is 18.2 Å². The summed E-state index contributed by atoms with van der Waals surface area (Å²) in [5.74, 6) is -1.83. The van der Waals surface area contributed by atoms with Gasteiger partial charge in [0, 0.05) is 11.8 Å². The zero-order valence-electron chi connectivity index (χ0n) is 13.1. The molecule has 2 heterocycles. The van der Waals surface area contributed by atoms with Gasteiger partial charge in [-0.05, 0) is 18.2 Å². The van der Waals surface area contributed by atoms with Crippen LogP contribution in [0.3, 0.4) is 0 Å². The normalized spacial score (nSPS) is 11.1. The number of hydrogen-bond donors (Lipinski definition) is 1. The van der Waals surface area contributed by atoms with E-state index < -0.39 is 42.0 Å². The van der Waals surface area contributed by atoms with Gasteiger partial charge < -0.3 is 9.84 Å². The first-order valence-electron chi connectivity index (χ1n) is 6.90. The third-order valence-corrected chi connectivity index (χ3v) is 3.18. The third kappa shape index (κ3) is 4.23. The number of alkyl halides is 3. The number of methoxy groups -OCH3 is 1. The number of ether oxygens (including phenoxy) is 1. The summed E-state index contributed by atoms with van der Waals surface area (Å²) in [6.45, 7) is -0.961. The molecule has 0 unspecified atom stereocenters. The number of nitrogens with zero attached hydrogens (tertiary/aromatic N) is 3. The third-order valence-electron chi connectivity index (χ3n) is 3.18. The van der Waals surface area contributed by atoms with Gasteiger partial charge in [-0.3, -0.25) is 14.7 Å². The molecular weight excluding hydrogens is 362 g/mol. The molecule has 1 amide bonds. The number of carbonyl (C=O) groups is 2. The van der Waals surface area contributed by atoms with Crippen molar-refractivity contribution in [2.75, 3.05) is 18.6 Å². The molecule has 0 radical (unpaired) electrons. The van der Waals surface area contributed by atoms with E-state index in [0.717, 1.165) is 37.7 Å². The van der Waals surface area contributed by atoms with Crippen LogP contribution in [-0.2, 0) is 15.7 Å². The number of amides is 1. The molecule has 2 rings (SSSR count). The largest absolute Gasteiger partial charge is 0.468 e. The molecule has 0 aromatic carbocycles. The van der Waals surface area contributed by atoms with Crippen molar-refractivity contribution in [2.24, 2.45) is 0 Å². The van der Waals surface area contributed by atoms with Gasteiger partial charge in [0.25, 0.3) is 0 Å². The lowest BCUT2D eigenvalue weighted by Gasteiger charge is -2.22. The van der Waals surface area contributed by atoms with Crippen LogP contribution in [0.1, 0.15) is 5.69 Å². The average Bonchev–Trinajstić information content (AvgIpc) is 2.58. The molecule has 2 aromatic rings. The van der Waals surface area contributed by atoms with Crippen LogP contribution in [-0.4, -0.2) is 40.8 Å². The lowest BCUT2D eigenvalue weighted by atomic mass is 10.1. The Kier molecular flexibility index (Phi) is 5.38. The maximum Gasteiger partial charge on any atom is 0.435 e. The van der Waals surface area contributed by atoms with Crippen LogP contribution in [0.15, 0.2) is 30.6 Å². The Bertz CT molecular complexity index is 842. The first-order valence-corrected chi connectivity index (χ1v) is 6.90. The van der Waals surface area contributed by atoms with Crippen LogP contribution >= 0.6 is 0 Å².